The molecule has 0 aliphatic heterocycles. The van der Waals surface area contributed by atoms with E-state index in [1.165, 1.54) is 20.8 Å². The Labute approximate surface area is 210 Å². The molecule has 0 rings (SSSR count). The van der Waals surface area contributed by atoms with Gasteiger partial charge in [0.1, 0.15) is 12.2 Å². The van der Waals surface area contributed by atoms with Crippen molar-refractivity contribution < 1.29 is 44.4 Å². The van der Waals surface area contributed by atoms with Crippen LogP contribution >= 0.6 is 0 Å². The molecule has 0 bridgehead atoms. The molecule has 0 spiro atoms. The Morgan fingerprint density at radius 2 is 1.47 bits per heavy atom. The van der Waals surface area contributed by atoms with Crippen LogP contribution in [0.3, 0.4) is 0 Å². The first kappa shape index (κ1) is 31.2. The zero-order chi connectivity index (χ0) is 22.8. The van der Waals surface area contributed by atoms with E-state index >= 15 is 0 Å². The maximum absolute atomic E-state index is 12.2. The van der Waals surface area contributed by atoms with Crippen LogP contribution in [0, 0.1) is 5.41 Å². The van der Waals surface area contributed by atoms with Crippen LogP contribution < -0.4 is 0 Å². The van der Waals surface area contributed by atoms with Crippen LogP contribution in [-0.2, 0) is 38.7 Å². The van der Waals surface area contributed by atoms with E-state index in [0.29, 0.717) is 6.42 Å². The molecule has 0 fully saturated rings. The van der Waals surface area contributed by atoms with Crippen LogP contribution in [0.1, 0.15) is 56.2 Å². The van der Waals surface area contributed by atoms with Gasteiger partial charge in [-0.3, -0.25) is 9.35 Å². The van der Waals surface area contributed by atoms with Gasteiger partial charge in [0.15, 0.2) is 0 Å². The SMILES string of the molecule is C=CC(=O)OC(C)C(C)(C(C)OC(=O)C=C)C(OC(=O)CCCCC)S(=O)(=O)O.[Ca+2].[H-].[H-]. The Morgan fingerprint density at radius 3 is 1.80 bits per heavy atom. The first-order valence-electron chi connectivity index (χ1n) is 9.16. The van der Waals surface area contributed by atoms with Crippen molar-refractivity contribution in [1.82, 2.24) is 0 Å². The third-order valence-corrected chi connectivity index (χ3v) is 5.82. The summed E-state index contributed by atoms with van der Waals surface area (Å²) in [5, 5.41) is 0. The van der Waals surface area contributed by atoms with E-state index in [2.05, 4.69) is 13.2 Å². The van der Waals surface area contributed by atoms with E-state index in [1.54, 1.807) is 0 Å². The average molecular weight is 477 g/mol. The van der Waals surface area contributed by atoms with E-state index in [0.717, 1.165) is 25.0 Å². The summed E-state index contributed by atoms with van der Waals surface area (Å²) in [6.45, 7) is 12.3. The van der Waals surface area contributed by atoms with E-state index < -0.39 is 51.1 Å². The molecule has 0 aromatic carbocycles. The molecule has 0 radical (unpaired) electrons. The second kappa shape index (κ2) is 14.2. The van der Waals surface area contributed by atoms with Crippen molar-refractivity contribution in [2.24, 2.45) is 5.41 Å². The van der Waals surface area contributed by atoms with Crippen LogP contribution in [0.4, 0.5) is 0 Å². The maximum Gasteiger partial charge on any atom is 2.00 e. The minimum Gasteiger partial charge on any atom is -1.00 e. The van der Waals surface area contributed by atoms with Crippen molar-refractivity contribution in [3.8, 4) is 0 Å². The van der Waals surface area contributed by atoms with Gasteiger partial charge in [0.2, 0.25) is 5.44 Å². The molecule has 0 aromatic heterocycles. The number of carbonyl (C=O) groups excluding carboxylic acids is 3. The first-order valence-corrected chi connectivity index (χ1v) is 10.7. The molecular formula is C19H32CaO9S. The van der Waals surface area contributed by atoms with Crippen LogP contribution in [0.25, 0.3) is 0 Å². The van der Waals surface area contributed by atoms with E-state index in [9.17, 15) is 27.4 Å². The fourth-order valence-electron chi connectivity index (χ4n) is 2.62. The molecule has 0 heterocycles. The Bertz CT molecular complexity index is 700. The molecule has 11 heteroatoms. The van der Waals surface area contributed by atoms with Gasteiger partial charge in [0.25, 0.3) is 0 Å². The first-order chi connectivity index (χ1) is 13.3. The number of esters is 3. The van der Waals surface area contributed by atoms with Gasteiger partial charge in [0.05, 0.1) is 5.41 Å². The summed E-state index contributed by atoms with van der Waals surface area (Å²) in [4.78, 5) is 35.5. The fourth-order valence-corrected chi connectivity index (χ4v) is 3.87. The second-order valence-electron chi connectivity index (χ2n) is 6.73. The summed E-state index contributed by atoms with van der Waals surface area (Å²) < 4.78 is 49.3. The van der Waals surface area contributed by atoms with Gasteiger partial charge in [-0.15, -0.1) is 0 Å². The number of hydrogen-bond acceptors (Lipinski definition) is 8. The summed E-state index contributed by atoms with van der Waals surface area (Å²) in [6, 6.07) is 0. The topological polar surface area (TPSA) is 133 Å². The maximum atomic E-state index is 12.2. The van der Waals surface area contributed by atoms with Crippen molar-refractivity contribution >= 4 is 65.8 Å². The van der Waals surface area contributed by atoms with E-state index in [4.69, 9.17) is 14.2 Å². The van der Waals surface area contributed by atoms with Crippen LogP contribution in [0.15, 0.2) is 25.3 Å². The number of hydrogen-bond donors (Lipinski definition) is 1. The van der Waals surface area contributed by atoms with Crippen molar-refractivity contribution in [3.05, 3.63) is 25.3 Å². The van der Waals surface area contributed by atoms with Crippen LogP contribution in [0.2, 0.25) is 0 Å². The van der Waals surface area contributed by atoms with E-state index in [-0.39, 0.29) is 47.0 Å². The predicted octanol–water partition coefficient (Wildman–Crippen LogP) is 2.41. The number of rotatable bonds is 13. The molecule has 3 unspecified atom stereocenters. The number of ether oxygens (including phenoxy) is 3. The zero-order valence-corrected chi connectivity index (χ0v) is 21.0. The normalized spacial score (nSPS) is 15.9. The van der Waals surface area contributed by atoms with Gasteiger partial charge < -0.3 is 17.1 Å². The molecule has 9 nitrogen and oxygen atoms in total. The number of unbranched alkanes of at least 4 members (excludes halogenated alkanes) is 2. The van der Waals surface area contributed by atoms with Crippen LogP contribution in [0.5, 0.6) is 0 Å². The standard InChI is InChI=1S/C19H30O9S.Ca.2H/c1-7-10-11-12-17(22)28-18(29(23,24)25)19(6,13(4)26-15(20)8-2)14(5)27-16(21)9-3;;;/h8-9,13-14,18H,2-3,7,10-12H2,1,4-6H3,(H,23,24,25);;;/q;+2;2*-1. The minimum absolute atomic E-state index is 0. The minimum atomic E-state index is -5.00. The Hall–Kier alpha value is -0.940. The van der Waals surface area contributed by atoms with Crippen molar-refractivity contribution in [3.63, 3.8) is 0 Å². The van der Waals surface area contributed by atoms with Crippen molar-refractivity contribution in [2.45, 2.75) is 71.0 Å². The van der Waals surface area contributed by atoms with Gasteiger partial charge >= 0.3 is 65.8 Å². The van der Waals surface area contributed by atoms with E-state index in [1.807, 2.05) is 6.92 Å². The van der Waals surface area contributed by atoms with Crippen molar-refractivity contribution in [1.29, 1.82) is 0 Å². The molecule has 0 saturated carbocycles. The molecule has 0 aliphatic rings. The van der Waals surface area contributed by atoms with Gasteiger partial charge in [-0.2, -0.15) is 8.42 Å². The molecule has 3 atom stereocenters. The summed E-state index contributed by atoms with van der Waals surface area (Å²) >= 11 is 0. The van der Waals surface area contributed by atoms with Gasteiger partial charge in [-0.1, -0.05) is 32.9 Å². The Balaban J connectivity index is -0.00000131. The third-order valence-electron chi connectivity index (χ3n) is 4.67. The quantitative estimate of drug-likeness (QED) is 0.106. The van der Waals surface area contributed by atoms with Gasteiger partial charge in [0, 0.05) is 18.6 Å². The van der Waals surface area contributed by atoms with Gasteiger partial charge in [-0.25, -0.2) is 9.59 Å². The van der Waals surface area contributed by atoms with Crippen LogP contribution in [-0.4, -0.2) is 86.3 Å². The summed E-state index contributed by atoms with van der Waals surface area (Å²) in [5.74, 6) is -2.62. The molecule has 0 saturated heterocycles. The fraction of sp³-hybridized carbons (Fsp3) is 0.632. The zero-order valence-electron chi connectivity index (χ0n) is 20.0. The number of carbonyl (C=O) groups is 3. The smallest absolute Gasteiger partial charge is 1.00 e. The summed E-state index contributed by atoms with van der Waals surface area (Å²) in [7, 11) is -5.00. The average Bonchev–Trinajstić information content (AvgIpc) is 2.64. The van der Waals surface area contributed by atoms with Crippen molar-refractivity contribution in [2.75, 3.05) is 0 Å². The second-order valence-corrected chi connectivity index (χ2v) is 8.18. The van der Waals surface area contributed by atoms with Gasteiger partial charge in [-0.05, 0) is 27.2 Å². The molecule has 170 valence electrons. The molecular weight excluding hydrogens is 444 g/mol. The molecule has 0 amide bonds. The largest absolute Gasteiger partial charge is 2.00 e. The third kappa shape index (κ3) is 9.47. The summed E-state index contributed by atoms with van der Waals surface area (Å²) in [5.41, 5.74) is -4.02. The molecule has 1 N–H and O–H groups in total. The monoisotopic (exact) mass is 476 g/mol. The summed E-state index contributed by atoms with van der Waals surface area (Å²) in [6.07, 6.45) is 1.13. The Morgan fingerprint density at radius 1 is 1.03 bits per heavy atom. The molecule has 30 heavy (non-hydrogen) atoms. The Kier molecular flexibility index (Phi) is 14.8. The predicted molar refractivity (Wildman–Crippen MR) is 113 cm³/mol. The molecule has 0 aliphatic carbocycles. The molecule has 0 aromatic rings.